The molecule has 4 fully saturated rings. The molecule has 0 saturated heterocycles. The number of carbonyl (C=O) groups is 2. The van der Waals surface area contributed by atoms with E-state index in [0.717, 1.165) is 54.7 Å². The van der Waals surface area contributed by atoms with E-state index in [1.54, 1.807) is 17.0 Å². The Labute approximate surface area is 212 Å². The first-order chi connectivity index (χ1) is 17.4. The van der Waals surface area contributed by atoms with Crippen LogP contribution in [0.4, 0.5) is 9.18 Å². The predicted molar refractivity (Wildman–Crippen MR) is 136 cm³/mol. The van der Waals surface area contributed by atoms with E-state index in [-0.39, 0.29) is 35.9 Å². The van der Waals surface area contributed by atoms with Crippen LogP contribution in [-0.4, -0.2) is 51.5 Å². The Morgan fingerprint density at radius 2 is 1.69 bits per heavy atom. The fourth-order valence-corrected chi connectivity index (χ4v) is 7.99. The van der Waals surface area contributed by atoms with Gasteiger partial charge in [0.1, 0.15) is 12.4 Å². The summed E-state index contributed by atoms with van der Waals surface area (Å²) in [6.07, 6.45) is 10.1. The molecular weight excluding hydrogens is 455 g/mol. The Balaban J connectivity index is 1.20. The maximum atomic E-state index is 13.8. The van der Waals surface area contributed by atoms with Gasteiger partial charge in [-0.2, -0.15) is 0 Å². The molecule has 36 heavy (non-hydrogen) atoms. The van der Waals surface area contributed by atoms with Crippen LogP contribution in [0.25, 0.3) is 0 Å². The molecule has 1 aromatic heterocycles. The summed E-state index contributed by atoms with van der Waals surface area (Å²) in [6, 6.07) is 10.0. The zero-order chi connectivity index (χ0) is 24.9. The number of amides is 3. The lowest BCUT2D eigenvalue weighted by Gasteiger charge is -2.57. The average Bonchev–Trinajstić information content (AvgIpc) is 3.31. The fraction of sp³-hybridized carbons (Fsp3) is 0.586. The van der Waals surface area contributed by atoms with Crippen molar-refractivity contribution in [1.29, 1.82) is 0 Å². The maximum absolute atomic E-state index is 13.8. The highest BCUT2D eigenvalue weighted by atomic mass is 19.1. The minimum Gasteiger partial charge on any atom is -0.348 e. The Morgan fingerprint density at radius 3 is 2.33 bits per heavy atom. The van der Waals surface area contributed by atoms with Crippen LogP contribution < -0.4 is 5.32 Å². The van der Waals surface area contributed by atoms with Crippen molar-refractivity contribution in [3.05, 3.63) is 59.7 Å². The van der Waals surface area contributed by atoms with Gasteiger partial charge in [-0.3, -0.25) is 4.79 Å². The Bertz CT molecular complexity index is 1090. The van der Waals surface area contributed by atoms with E-state index in [9.17, 15) is 14.0 Å². The molecule has 7 heteroatoms. The number of halogens is 1. The highest BCUT2D eigenvalue weighted by Crippen LogP contribution is 2.55. The van der Waals surface area contributed by atoms with Crippen molar-refractivity contribution in [3.8, 4) is 0 Å². The van der Waals surface area contributed by atoms with Crippen LogP contribution in [-0.2, 0) is 11.3 Å². The van der Waals surface area contributed by atoms with Crippen molar-refractivity contribution >= 4 is 11.9 Å². The number of hydrogen-bond acceptors (Lipinski definition) is 2. The van der Waals surface area contributed by atoms with Gasteiger partial charge in [0.25, 0.3) is 0 Å². The number of rotatable bonds is 6. The van der Waals surface area contributed by atoms with Crippen LogP contribution >= 0.6 is 0 Å². The van der Waals surface area contributed by atoms with Crippen molar-refractivity contribution in [2.75, 3.05) is 19.6 Å². The molecule has 2 heterocycles. The molecule has 5 aliphatic rings. The highest BCUT2D eigenvalue weighted by Gasteiger charge is 2.52. The minimum atomic E-state index is -0.295. The number of hydrogen-bond donors (Lipinski definition) is 1. The van der Waals surface area contributed by atoms with Gasteiger partial charge >= 0.3 is 6.03 Å². The molecule has 7 rings (SSSR count). The van der Waals surface area contributed by atoms with Crippen LogP contribution in [0.2, 0.25) is 0 Å². The molecule has 3 amide bonds. The number of carbonyl (C=O) groups excluding carboxylic acids is 2. The first kappa shape index (κ1) is 23.6. The average molecular weight is 493 g/mol. The molecule has 192 valence electrons. The molecule has 4 aliphatic carbocycles. The fourth-order valence-electron chi connectivity index (χ4n) is 7.99. The van der Waals surface area contributed by atoms with Crippen molar-refractivity contribution in [2.45, 2.75) is 70.0 Å². The highest BCUT2D eigenvalue weighted by molar-refractivity contribution is 5.85. The second-order valence-corrected chi connectivity index (χ2v) is 11.7. The second kappa shape index (κ2) is 9.24. The van der Waals surface area contributed by atoms with Gasteiger partial charge in [0.2, 0.25) is 5.91 Å². The Kier molecular flexibility index (Phi) is 6.05. The molecule has 4 saturated carbocycles. The molecule has 1 aliphatic heterocycles. The van der Waals surface area contributed by atoms with Crippen LogP contribution in [0.3, 0.4) is 0 Å². The SMILES string of the molecule is CCCN(CC(=O)N1CCn2cccc2C1c1ccc(F)cc1)C(=O)NC12CC3CC(CC(C3)C1)C2. The summed E-state index contributed by atoms with van der Waals surface area (Å²) in [5.41, 5.74) is 1.81. The van der Waals surface area contributed by atoms with Crippen molar-refractivity contribution in [1.82, 2.24) is 19.7 Å². The lowest BCUT2D eigenvalue weighted by atomic mass is 9.53. The topological polar surface area (TPSA) is 57.6 Å². The lowest BCUT2D eigenvalue weighted by molar-refractivity contribution is -0.134. The summed E-state index contributed by atoms with van der Waals surface area (Å²) in [5, 5.41) is 3.45. The van der Waals surface area contributed by atoms with Crippen LogP contribution in [0, 0.1) is 23.6 Å². The van der Waals surface area contributed by atoms with Crippen LogP contribution in [0.5, 0.6) is 0 Å². The van der Waals surface area contributed by atoms with E-state index in [1.165, 1.54) is 31.4 Å². The molecule has 1 aromatic carbocycles. The summed E-state index contributed by atoms with van der Waals surface area (Å²) >= 11 is 0. The van der Waals surface area contributed by atoms with Gasteiger partial charge in [0.05, 0.1) is 6.04 Å². The number of benzene rings is 1. The zero-order valence-corrected chi connectivity index (χ0v) is 21.2. The molecule has 1 N–H and O–H groups in total. The zero-order valence-electron chi connectivity index (χ0n) is 21.2. The Hall–Kier alpha value is -2.83. The van der Waals surface area contributed by atoms with Gasteiger partial charge in [-0.05, 0) is 92.5 Å². The van der Waals surface area contributed by atoms with Crippen molar-refractivity contribution < 1.29 is 14.0 Å². The predicted octanol–water partition coefficient (Wildman–Crippen LogP) is 4.95. The van der Waals surface area contributed by atoms with E-state index < -0.39 is 0 Å². The van der Waals surface area contributed by atoms with E-state index in [4.69, 9.17) is 0 Å². The molecule has 0 spiro atoms. The third-order valence-electron chi connectivity index (χ3n) is 9.06. The second-order valence-electron chi connectivity index (χ2n) is 11.7. The van der Waals surface area contributed by atoms with Gasteiger partial charge in [-0.1, -0.05) is 19.1 Å². The van der Waals surface area contributed by atoms with Gasteiger partial charge < -0.3 is 19.7 Å². The quantitative estimate of drug-likeness (QED) is 0.620. The number of urea groups is 1. The molecule has 1 atom stereocenters. The van der Waals surface area contributed by atoms with E-state index in [0.29, 0.717) is 19.6 Å². The molecule has 6 nitrogen and oxygen atoms in total. The third kappa shape index (κ3) is 4.31. The third-order valence-corrected chi connectivity index (χ3v) is 9.06. The van der Waals surface area contributed by atoms with Gasteiger partial charge in [0, 0.05) is 37.1 Å². The maximum Gasteiger partial charge on any atom is 0.318 e. The summed E-state index contributed by atoms with van der Waals surface area (Å²) in [4.78, 5) is 30.9. The Morgan fingerprint density at radius 1 is 1.03 bits per heavy atom. The molecule has 4 bridgehead atoms. The minimum absolute atomic E-state index is 0.0600. The largest absolute Gasteiger partial charge is 0.348 e. The van der Waals surface area contributed by atoms with E-state index >= 15 is 0 Å². The number of fused-ring (bicyclic) bond motifs is 1. The summed E-state index contributed by atoms with van der Waals surface area (Å²) in [6.45, 7) is 3.92. The molecular formula is C29H37FN4O2. The van der Waals surface area contributed by atoms with Crippen molar-refractivity contribution in [3.63, 3.8) is 0 Å². The number of nitrogens with zero attached hydrogens (tertiary/aromatic N) is 3. The molecule has 2 aromatic rings. The van der Waals surface area contributed by atoms with Gasteiger partial charge in [-0.25, -0.2) is 9.18 Å². The molecule has 1 unspecified atom stereocenters. The normalized spacial score (nSPS) is 30.2. The van der Waals surface area contributed by atoms with E-state index in [1.807, 2.05) is 30.2 Å². The van der Waals surface area contributed by atoms with E-state index in [2.05, 4.69) is 9.88 Å². The monoisotopic (exact) mass is 492 g/mol. The number of aromatic nitrogens is 1. The van der Waals surface area contributed by atoms with Gasteiger partial charge in [0.15, 0.2) is 0 Å². The summed E-state index contributed by atoms with van der Waals surface area (Å²) < 4.78 is 15.8. The first-order valence-corrected chi connectivity index (χ1v) is 13.7. The standard InChI is InChI=1S/C29H37FN4O2/c1-2-9-33(28(36)31-29-16-20-13-21(17-29)15-22(14-20)18-29)19-26(35)34-12-11-32-10-3-4-25(32)27(34)23-5-7-24(30)8-6-23/h3-8,10,20-22,27H,2,9,11-19H2,1H3,(H,31,36). The summed E-state index contributed by atoms with van der Waals surface area (Å²) in [5.74, 6) is 1.89. The lowest BCUT2D eigenvalue weighted by Crippen LogP contribution is -2.62. The van der Waals surface area contributed by atoms with Crippen LogP contribution in [0.15, 0.2) is 42.6 Å². The van der Waals surface area contributed by atoms with Crippen molar-refractivity contribution in [2.24, 2.45) is 17.8 Å². The smallest absolute Gasteiger partial charge is 0.318 e. The first-order valence-electron chi connectivity index (χ1n) is 13.7. The summed E-state index contributed by atoms with van der Waals surface area (Å²) in [7, 11) is 0. The molecule has 0 radical (unpaired) electrons. The van der Waals surface area contributed by atoms with Gasteiger partial charge in [-0.15, -0.1) is 0 Å². The number of nitrogens with one attached hydrogen (secondary N) is 1. The van der Waals surface area contributed by atoms with Crippen LogP contribution in [0.1, 0.15) is 69.2 Å².